The predicted molar refractivity (Wildman–Crippen MR) is 93.9 cm³/mol. The molecule has 0 bridgehead atoms. The van der Waals surface area contributed by atoms with Crippen LogP contribution >= 0.6 is 31.9 Å². The molecule has 0 aromatic heterocycles. The molecule has 0 aliphatic carbocycles. The summed E-state index contributed by atoms with van der Waals surface area (Å²) in [4.78, 5) is 11.1. The summed E-state index contributed by atoms with van der Waals surface area (Å²) in [6, 6.07) is 9.80. The van der Waals surface area contributed by atoms with Gasteiger partial charge in [0.25, 0.3) is 0 Å². The van der Waals surface area contributed by atoms with Gasteiger partial charge in [-0.2, -0.15) is 0 Å². The number of benzene rings is 2. The molecule has 22 heavy (non-hydrogen) atoms. The molecule has 5 heteroatoms. The van der Waals surface area contributed by atoms with Crippen LogP contribution < -0.4 is 9.47 Å². The summed E-state index contributed by atoms with van der Waals surface area (Å²) in [5, 5.41) is 0. The number of carbonyl (C=O) groups is 1. The van der Waals surface area contributed by atoms with Crippen LogP contribution in [-0.4, -0.2) is 12.9 Å². The van der Waals surface area contributed by atoms with Crippen molar-refractivity contribution < 1.29 is 14.3 Å². The molecule has 0 heterocycles. The van der Waals surface area contributed by atoms with Crippen LogP contribution in [0, 0.1) is 6.92 Å². The molecule has 0 radical (unpaired) electrons. The van der Waals surface area contributed by atoms with E-state index in [1.165, 1.54) is 5.56 Å². The van der Waals surface area contributed by atoms with Crippen molar-refractivity contribution in [2.24, 2.45) is 0 Å². The van der Waals surface area contributed by atoms with Gasteiger partial charge in [-0.25, -0.2) is 0 Å². The average Bonchev–Trinajstić information content (AvgIpc) is 2.50. The number of rotatable bonds is 6. The molecular formula is C17H16Br2O3. The zero-order valence-corrected chi connectivity index (χ0v) is 15.5. The zero-order chi connectivity index (χ0) is 16.1. The highest BCUT2D eigenvalue weighted by molar-refractivity contribution is 9.13. The van der Waals surface area contributed by atoms with Gasteiger partial charge in [-0.15, -0.1) is 0 Å². The summed E-state index contributed by atoms with van der Waals surface area (Å²) in [5.74, 6) is 1.13. The van der Waals surface area contributed by atoms with Crippen molar-refractivity contribution >= 4 is 38.1 Å². The highest BCUT2D eigenvalue weighted by Gasteiger charge is 2.17. The summed E-state index contributed by atoms with van der Waals surface area (Å²) in [5.41, 5.74) is 2.77. The Bertz CT molecular complexity index is 684. The molecule has 0 spiro atoms. The number of aldehydes is 1. The fourth-order valence-electron chi connectivity index (χ4n) is 2.05. The number of carbonyl (C=O) groups excluding carboxylic acids is 1. The summed E-state index contributed by atoms with van der Waals surface area (Å²) < 4.78 is 12.8. The molecule has 0 atom stereocenters. The second-order valence-electron chi connectivity index (χ2n) is 4.75. The van der Waals surface area contributed by atoms with Crippen molar-refractivity contribution in [2.45, 2.75) is 20.5 Å². The normalized spacial score (nSPS) is 10.4. The lowest BCUT2D eigenvalue weighted by Crippen LogP contribution is -2.02. The topological polar surface area (TPSA) is 35.5 Å². The molecule has 0 saturated heterocycles. The first kappa shape index (κ1) is 17.0. The van der Waals surface area contributed by atoms with E-state index < -0.39 is 0 Å². The van der Waals surface area contributed by atoms with Gasteiger partial charge in [-0.3, -0.25) is 4.79 Å². The third-order valence-electron chi connectivity index (χ3n) is 3.05. The van der Waals surface area contributed by atoms with Crippen LogP contribution in [-0.2, 0) is 6.61 Å². The molecule has 2 rings (SSSR count). The van der Waals surface area contributed by atoms with Crippen molar-refractivity contribution in [2.75, 3.05) is 6.61 Å². The highest BCUT2D eigenvalue weighted by Crippen LogP contribution is 2.42. The highest BCUT2D eigenvalue weighted by atomic mass is 79.9. The maximum atomic E-state index is 11.1. The molecule has 0 amide bonds. The number of aryl methyl sites for hydroxylation is 1. The fourth-order valence-corrected chi connectivity index (χ4v) is 2.97. The summed E-state index contributed by atoms with van der Waals surface area (Å²) in [7, 11) is 0. The molecule has 116 valence electrons. The van der Waals surface area contributed by atoms with Gasteiger partial charge in [-0.05, 0) is 57.3 Å². The van der Waals surface area contributed by atoms with Gasteiger partial charge in [0.15, 0.2) is 17.8 Å². The molecule has 0 fully saturated rings. The first-order valence-electron chi connectivity index (χ1n) is 6.85. The monoisotopic (exact) mass is 426 g/mol. The Morgan fingerprint density at radius 3 is 2.55 bits per heavy atom. The molecule has 2 aromatic rings. The van der Waals surface area contributed by atoms with E-state index in [2.05, 4.69) is 37.9 Å². The number of halogens is 2. The molecule has 0 aliphatic rings. The minimum absolute atomic E-state index is 0.424. The SMILES string of the molecule is CCOc1cc(C=O)c(Br)c(Br)c1OCc1cccc(C)c1. The molecule has 0 N–H and O–H groups in total. The minimum Gasteiger partial charge on any atom is -0.490 e. The third kappa shape index (κ3) is 3.90. The molecular weight excluding hydrogens is 412 g/mol. The maximum absolute atomic E-state index is 11.1. The van der Waals surface area contributed by atoms with Crippen molar-refractivity contribution in [3.63, 3.8) is 0 Å². The van der Waals surface area contributed by atoms with Gasteiger partial charge in [0, 0.05) is 10.0 Å². The number of hydrogen-bond acceptors (Lipinski definition) is 3. The summed E-state index contributed by atoms with van der Waals surface area (Å²) in [6.45, 7) is 4.85. The van der Waals surface area contributed by atoms with Crippen molar-refractivity contribution in [3.05, 3.63) is 56.0 Å². The van der Waals surface area contributed by atoms with E-state index >= 15 is 0 Å². The van der Waals surface area contributed by atoms with Gasteiger partial charge in [-0.1, -0.05) is 29.8 Å². The van der Waals surface area contributed by atoms with E-state index in [0.29, 0.717) is 39.2 Å². The van der Waals surface area contributed by atoms with Crippen molar-refractivity contribution in [1.82, 2.24) is 0 Å². The molecule has 2 aromatic carbocycles. The van der Waals surface area contributed by atoms with Gasteiger partial charge >= 0.3 is 0 Å². The van der Waals surface area contributed by atoms with Gasteiger partial charge in [0.05, 0.1) is 11.1 Å². The van der Waals surface area contributed by atoms with Crippen molar-refractivity contribution in [3.8, 4) is 11.5 Å². The molecule has 0 aliphatic heterocycles. The lowest BCUT2D eigenvalue weighted by atomic mass is 10.1. The zero-order valence-electron chi connectivity index (χ0n) is 12.4. The van der Waals surface area contributed by atoms with Crippen LogP contribution in [0.15, 0.2) is 39.3 Å². The molecule has 0 unspecified atom stereocenters. The van der Waals surface area contributed by atoms with E-state index in [0.717, 1.165) is 11.8 Å². The lowest BCUT2D eigenvalue weighted by Gasteiger charge is -2.16. The summed E-state index contributed by atoms with van der Waals surface area (Å²) in [6.07, 6.45) is 0.779. The average molecular weight is 428 g/mol. The third-order valence-corrected chi connectivity index (χ3v) is 5.19. The van der Waals surface area contributed by atoms with Crippen LogP contribution in [0.5, 0.6) is 11.5 Å². The Kier molecular flexibility index (Phi) is 6.03. The van der Waals surface area contributed by atoms with Crippen LogP contribution in [0.3, 0.4) is 0 Å². The first-order chi connectivity index (χ1) is 10.6. The minimum atomic E-state index is 0.424. The number of ether oxygens (including phenoxy) is 2. The van der Waals surface area contributed by atoms with Crippen molar-refractivity contribution in [1.29, 1.82) is 0 Å². The van der Waals surface area contributed by atoms with Gasteiger partial charge < -0.3 is 9.47 Å². The Morgan fingerprint density at radius 1 is 1.14 bits per heavy atom. The maximum Gasteiger partial charge on any atom is 0.177 e. The number of hydrogen-bond donors (Lipinski definition) is 0. The van der Waals surface area contributed by atoms with Crippen LogP contribution in [0.1, 0.15) is 28.4 Å². The Hall–Kier alpha value is -1.33. The van der Waals surface area contributed by atoms with Gasteiger partial charge in [0.2, 0.25) is 0 Å². The van der Waals surface area contributed by atoms with Crippen LogP contribution in [0.25, 0.3) is 0 Å². The second-order valence-corrected chi connectivity index (χ2v) is 6.34. The smallest absolute Gasteiger partial charge is 0.177 e. The lowest BCUT2D eigenvalue weighted by molar-refractivity contribution is 0.112. The fraction of sp³-hybridized carbons (Fsp3) is 0.235. The van der Waals surface area contributed by atoms with E-state index in [1.807, 2.05) is 32.0 Å². The largest absolute Gasteiger partial charge is 0.490 e. The van der Waals surface area contributed by atoms with E-state index in [4.69, 9.17) is 9.47 Å². The molecule has 3 nitrogen and oxygen atoms in total. The van der Waals surface area contributed by atoms with E-state index in [1.54, 1.807) is 6.07 Å². The quantitative estimate of drug-likeness (QED) is 0.586. The standard InChI is InChI=1S/C17H16Br2O3/c1-3-21-14-8-13(9-20)15(18)16(19)17(14)22-10-12-6-4-5-11(2)7-12/h4-9H,3,10H2,1-2H3. The summed E-state index contributed by atoms with van der Waals surface area (Å²) >= 11 is 6.87. The van der Waals surface area contributed by atoms with E-state index in [-0.39, 0.29) is 0 Å². The molecule has 0 saturated carbocycles. The first-order valence-corrected chi connectivity index (χ1v) is 8.43. The van der Waals surface area contributed by atoms with Gasteiger partial charge in [0.1, 0.15) is 6.61 Å². The predicted octanol–water partition coefficient (Wildman–Crippen LogP) is 5.31. The Balaban J connectivity index is 2.32. The Morgan fingerprint density at radius 2 is 1.91 bits per heavy atom. The Labute approximate surface area is 146 Å². The van der Waals surface area contributed by atoms with Crippen LogP contribution in [0.2, 0.25) is 0 Å². The van der Waals surface area contributed by atoms with E-state index in [9.17, 15) is 4.79 Å². The second kappa shape index (κ2) is 7.79. The van der Waals surface area contributed by atoms with Crippen LogP contribution in [0.4, 0.5) is 0 Å².